The van der Waals surface area contributed by atoms with E-state index in [2.05, 4.69) is 4.98 Å². The summed E-state index contributed by atoms with van der Waals surface area (Å²) < 4.78 is 0. The van der Waals surface area contributed by atoms with E-state index in [4.69, 9.17) is 10.6 Å². The van der Waals surface area contributed by atoms with Gasteiger partial charge in [-0.25, -0.2) is 5.06 Å². The number of aromatic amines is 1. The lowest BCUT2D eigenvalue weighted by Crippen LogP contribution is -2.26. The zero-order chi connectivity index (χ0) is 11.8. The fourth-order valence-corrected chi connectivity index (χ4v) is 2.06. The van der Waals surface area contributed by atoms with Crippen LogP contribution in [0, 0.1) is 0 Å². The minimum atomic E-state index is -0.112. The van der Waals surface area contributed by atoms with Gasteiger partial charge in [0.05, 0.1) is 18.7 Å². The van der Waals surface area contributed by atoms with Crippen LogP contribution in [0.4, 0.5) is 5.69 Å². The van der Waals surface area contributed by atoms with Gasteiger partial charge in [0, 0.05) is 22.8 Å². The average Bonchev–Trinajstić information content (AvgIpc) is 2.97. The van der Waals surface area contributed by atoms with Gasteiger partial charge >= 0.3 is 0 Å². The first kappa shape index (κ1) is 10.2. The maximum Gasteiger partial charge on any atom is 0.279 e. The molecule has 17 heavy (non-hydrogen) atoms. The molecule has 5 heteroatoms. The average molecular weight is 231 g/mol. The molecular weight excluding hydrogens is 218 g/mol. The van der Waals surface area contributed by atoms with Crippen molar-refractivity contribution in [1.29, 1.82) is 0 Å². The van der Waals surface area contributed by atoms with Crippen LogP contribution < -0.4 is 5.73 Å². The Labute approximate surface area is 98.1 Å². The fraction of sp³-hybridized carbons (Fsp3) is 0.250. The second-order valence-electron chi connectivity index (χ2n) is 4.10. The number of aromatic nitrogens is 1. The van der Waals surface area contributed by atoms with Crippen LogP contribution >= 0.6 is 0 Å². The predicted molar refractivity (Wildman–Crippen MR) is 64.3 cm³/mol. The number of H-pyrrole nitrogens is 1. The number of anilines is 1. The molecule has 3 rings (SSSR count). The Kier molecular flexibility index (Phi) is 2.26. The number of nitrogens with zero attached hydrogens (tertiary/aromatic N) is 1. The molecule has 0 atom stereocenters. The van der Waals surface area contributed by atoms with Gasteiger partial charge in [-0.2, -0.15) is 0 Å². The van der Waals surface area contributed by atoms with Crippen molar-refractivity contribution in [3.05, 3.63) is 30.0 Å². The summed E-state index contributed by atoms with van der Waals surface area (Å²) in [6.45, 7) is 1.25. The molecule has 1 saturated heterocycles. The molecule has 2 aromatic rings. The summed E-state index contributed by atoms with van der Waals surface area (Å²) in [6, 6.07) is 5.47. The lowest BCUT2D eigenvalue weighted by atomic mass is 10.1. The zero-order valence-corrected chi connectivity index (χ0v) is 9.27. The Morgan fingerprint density at radius 3 is 3.12 bits per heavy atom. The number of hydrogen-bond donors (Lipinski definition) is 2. The molecule has 0 unspecified atom stereocenters. The second kappa shape index (κ2) is 3.78. The largest absolute Gasteiger partial charge is 0.399 e. The quantitative estimate of drug-likeness (QED) is 0.731. The van der Waals surface area contributed by atoms with E-state index in [1.807, 2.05) is 6.07 Å². The minimum Gasteiger partial charge on any atom is -0.399 e. The van der Waals surface area contributed by atoms with Gasteiger partial charge in [0.25, 0.3) is 5.91 Å². The van der Waals surface area contributed by atoms with E-state index < -0.39 is 0 Å². The molecule has 1 fully saturated rings. The molecule has 0 spiro atoms. The molecule has 1 aliphatic rings. The van der Waals surface area contributed by atoms with Gasteiger partial charge in [0.15, 0.2) is 0 Å². The number of fused-ring (bicyclic) bond motifs is 1. The number of benzene rings is 1. The number of hydrogen-bond acceptors (Lipinski definition) is 3. The maximum atomic E-state index is 12.2. The van der Waals surface area contributed by atoms with Crippen LogP contribution in [0.2, 0.25) is 0 Å². The van der Waals surface area contributed by atoms with Crippen molar-refractivity contribution in [1.82, 2.24) is 10.0 Å². The molecule has 3 N–H and O–H groups in total. The van der Waals surface area contributed by atoms with Crippen molar-refractivity contribution in [2.45, 2.75) is 6.42 Å². The highest BCUT2D eigenvalue weighted by atomic mass is 16.7. The summed E-state index contributed by atoms with van der Waals surface area (Å²) >= 11 is 0. The number of nitrogens with one attached hydrogen (secondary N) is 1. The van der Waals surface area contributed by atoms with E-state index in [0.29, 0.717) is 24.4 Å². The Bertz CT molecular complexity index is 570. The highest BCUT2D eigenvalue weighted by Crippen LogP contribution is 2.23. The molecule has 5 nitrogen and oxygen atoms in total. The number of hydroxylamine groups is 2. The van der Waals surface area contributed by atoms with E-state index in [9.17, 15) is 4.79 Å². The Balaban J connectivity index is 2.04. The molecular formula is C12H13N3O2. The summed E-state index contributed by atoms with van der Waals surface area (Å²) in [6.07, 6.45) is 2.59. The van der Waals surface area contributed by atoms with E-state index in [1.165, 1.54) is 5.06 Å². The standard InChI is InChI=1S/C12H13N3O2/c13-8-2-3-11-9(6-8)10(7-14-11)12(16)15-4-1-5-17-15/h2-3,6-7,14H,1,4-5,13H2. The summed E-state index contributed by atoms with van der Waals surface area (Å²) in [4.78, 5) is 20.5. The first-order chi connectivity index (χ1) is 8.25. The monoisotopic (exact) mass is 231 g/mol. The van der Waals surface area contributed by atoms with Crippen molar-refractivity contribution >= 4 is 22.5 Å². The first-order valence-electron chi connectivity index (χ1n) is 5.57. The third-order valence-electron chi connectivity index (χ3n) is 2.92. The SMILES string of the molecule is Nc1ccc2[nH]cc(C(=O)N3CCCO3)c2c1. The number of nitrogens with two attached hydrogens (primary N) is 1. The molecule has 0 radical (unpaired) electrons. The van der Waals surface area contributed by atoms with Crippen molar-refractivity contribution in [2.75, 3.05) is 18.9 Å². The smallest absolute Gasteiger partial charge is 0.279 e. The number of carbonyl (C=O) groups excluding carboxylic acids is 1. The van der Waals surface area contributed by atoms with Crippen LogP contribution in [0.15, 0.2) is 24.4 Å². The lowest BCUT2D eigenvalue weighted by molar-refractivity contribution is -0.0767. The fourth-order valence-electron chi connectivity index (χ4n) is 2.06. The minimum absolute atomic E-state index is 0.112. The second-order valence-corrected chi connectivity index (χ2v) is 4.10. The molecule has 88 valence electrons. The van der Waals surface area contributed by atoms with Gasteiger partial charge in [-0.15, -0.1) is 0 Å². The summed E-state index contributed by atoms with van der Waals surface area (Å²) in [7, 11) is 0. The van der Waals surface area contributed by atoms with Crippen LogP contribution in [0.25, 0.3) is 10.9 Å². The molecule has 1 aromatic carbocycles. The number of rotatable bonds is 1. The molecule has 0 aliphatic carbocycles. The summed E-state index contributed by atoms with van der Waals surface area (Å²) in [5.41, 5.74) is 7.89. The molecule has 0 saturated carbocycles. The van der Waals surface area contributed by atoms with Gasteiger partial charge in [-0.3, -0.25) is 9.63 Å². The highest BCUT2D eigenvalue weighted by Gasteiger charge is 2.23. The van der Waals surface area contributed by atoms with Crippen LogP contribution in [0.1, 0.15) is 16.8 Å². The number of carbonyl (C=O) groups is 1. The van der Waals surface area contributed by atoms with Crippen LogP contribution in [-0.2, 0) is 4.84 Å². The third kappa shape index (κ3) is 1.64. The van der Waals surface area contributed by atoms with Crippen molar-refractivity contribution < 1.29 is 9.63 Å². The lowest BCUT2D eigenvalue weighted by Gasteiger charge is -2.12. The Morgan fingerprint density at radius 2 is 2.35 bits per heavy atom. The van der Waals surface area contributed by atoms with E-state index >= 15 is 0 Å². The van der Waals surface area contributed by atoms with Crippen molar-refractivity contribution in [3.8, 4) is 0 Å². The zero-order valence-electron chi connectivity index (χ0n) is 9.27. The number of amides is 1. The highest BCUT2D eigenvalue weighted by molar-refractivity contribution is 6.07. The predicted octanol–water partition coefficient (Wildman–Crippen LogP) is 1.53. The van der Waals surface area contributed by atoms with E-state index in [1.54, 1.807) is 18.3 Å². The molecule has 1 amide bonds. The Hall–Kier alpha value is -2.01. The van der Waals surface area contributed by atoms with Gasteiger partial charge in [-0.05, 0) is 24.6 Å². The molecule has 1 aromatic heterocycles. The van der Waals surface area contributed by atoms with Crippen LogP contribution in [-0.4, -0.2) is 29.1 Å². The summed E-state index contributed by atoms with van der Waals surface area (Å²) in [5, 5.41) is 2.25. The Morgan fingerprint density at radius 1 is 1.47 bits per heavy atom. The van der Waals surface area contributed by atoms with Gasteiger partial charge < -0.3 is 10.7 Å². The molecule has 0 bridgehead atoms. The number of nitrogen functional groups attached to an aromatic ring is 1. The maximum absolute atomic E-state index is 12.2. The molecule has 1 aliphatic heterocycles. The summed E-state index contributed by atoms with van der Waals surface area (Å²) in [5.74, 6) is -0.112. The normalized spacial score (nSPS) is 15.6. The van der Waals surface area contributed by atoms with Crippen LogP contribution in [0.3, 0.4) is 0 Å². The van der Waals surface area contributed by atoms with E-state index in [0.717, 1.165) is 17.3 Å². The van der Waals surface area contributed by atoms with Crippen molar-refractivity contribution in [3.63, 3.8) is 0 Å². The van der Waals surface area contributed by atoms with Crippen molar-refractivity contribution in [2.24, 2.45) is 0 Å². The molecule has 2 heterocycles. The first-order valence-corrected chi connectivity index (χ1v) is 5.57. The van der Waals surface area contributed by atoms with E-state index in [-0.39, 0.29) is 5.91 Å². The van der Waals surface area contributed by atoms with Gasteiger partial charge in [-0.1, -0.05) is 0 Å². The van der Waals surface area contributed by atoms with Gasteiger partial charge in [0.2, 0.25) is 0 Å². The topological polar surface area (TPSA) is 71.4 Å². The third-order valence-corrected chi connectivity index (χ3v) is 2.92. The van der Waals surface area contributed by atoms with Crippen LogP contribution in [0.5, 0.6) is 0 Å². The van der Waals surface area contributed by atoms with Gasteiger partial charge in [0.1, 0.15) is 0 Å².